The molecule has 1 N–H and O–H groups in total. The van der Waals surface area contributed by atoms with E-state index in [2.05, 4.69) is 0 Å². The minimum atomic E-state index is -0.231. The van der Waals surface area contributed by atoms with Crippen LogP contribution in [-0.4, -0.2) is 42.9 Å². The zero-order valence-electron chi connectivity index (χ0n) is 9.19. The second-order valence-corrected chi connectivity index (χ2v) is 4.65. The number of carbonyl (C=O) groups is 1. The third kappa shape index (κ3) is 2.25. The average Bonchev–Trinajstić information content (AvgIpc) is 2.96. The Bertz CT molecular complexity index is 240. The number of hydrogen-bond donors (Lipinski definition) is 1. The summed E-state index contributed by atoms with van der Waals surface area (Å²) < 4.78 is 4.70. The van der Waals surface area contributed by atoms with Crippen LogP contribution in [0.3, 0.4) is 0 Å². The second kappa shape index (κ2) is 4.39. The molecule has 0 radical (unpaired) electrons. The maximum Gasteiger partial charge on any atom is 0.409 e. The van der Waals surface area contributed by atoms with E-state index >= 15 is 0 Å². The van der Waals surface area contributed by atoms with Crippen molar-refractivity contribution in [1.29, 1.82) is 0 Å². The van der Waals surface area contributed by atoms with Crippen molar-refractivity contribution in [1.82, 2.24) is 4.90 Å². The number of ether oxygens (including phenoxy) is 1. The molecule has 2 unspecified atom stereocenters. The van der Waals surface area contributed by atoms with E-state index in [1.165, 1.54) is 20.0 Å². The van der Waals surface area contributed by atoms with Gasteiger partial charge in [0.05, 0.1) is 7.11 Å². The van der Waals surface area contributed by atoms with Gasteiger partial charge >= 0.3 is 6.09 Å². The van der Waals surface area contributed by atoms with Crippen molar-refractivity contribution in [2.75, 3.05) is 26.8 Å². The summed E-state index contributed by atoms with van der Waals surface area (Å²) in [5.74, 6) is 1.58. The van der Waals surface area contributed by atoms with E-state index in [9.17, 15) is 9.90 Å². The molecular formula is C11H19NO3. The van der Waals surface area contributed by atoms with Gasteiger partial charge in [-0.2, -0.15) is 0 Å². The summed E-state index contributed by atoms with van der Waals surface area (Å²) in [5.41, 5.74) is 0. The molecule has 2 atom stereocenters. The van der Waals surface area contributed by atoms with Crippen LogP contribution >= 0.6 is 0 Å². The molecule has 15 heavy (non-hydrogen) atoms. The van der Waals surface area contributed by atoms with Crippen LogP contribution in [0.25, 0.3) is 0 Å². The van der Waals surface area contributed by atoms with Crippen LogP contribution in [0.2, 0.25) is 0 Å². The highest BCUT2D eigenvalue weighted by Gasteiger charge is 2.39. The van der Waals surface area contributed by atoms with Crippen molar-refractivity contribution in [3.63, 3.8) is 0 Å². The van der Waals surface area contributed by atoms with Gasteiger partial charge in [-0.1, -0.05) is 0 Å². The molecule has 0 bridgehead atoms. The van der Waals surface area contributed by atoms with Crippen LogP contribution < -0.4 is 0 Å². The van der Waals surface area contributed by atoms with Crippen molar-refractivity contribution < 1.29 is 14.6 Å². The first-order valence-electron chi connectivity index (χ1n) is 5.70. The number of aliphatic hydroxyl groups is 1. The average molecular weight is 213 g/mol. The van der Waals surface area contributed by atoms with Crippen molar-refractivity contribution in [3.05, 3.63) is 0 Å². The zero-order valence-corrected chi connectivity index (χ0v) is 9.19. The molecule has 0 aromatic rings. The van der Waals surface area contributed by atoms with E-state index in [1.54, 1.807) is 4.90 Å². The fourth-order valence-electron chi connectivity index (χ4n) is 2.64. The Hall–Kier alpha value is -0.770. The summed E-state index contributed by atoms with van der Waals surface area (Å²) in [6.45, 7) is 1.80. The zero-order chi connectivity index (χ0) is 10.8. The Labute approximate surface area is 90.2 Å². The summed E-state index contributed by atoms with van der Waals surface area (Å²) in [4.78, 5) is 13.0. The SMILES string of the molecule is COC(=O)N1CCC(C(CO)C2CC2)C1. The highest BCUT2D eigenvalue weighted by atomic mass is 16.5. The van der Waals surface area contributed by atoms with Crippen LogP contribution in [0.4, 0.5) is 4.79 Å². The lowest BCUT2D eigenvalue weighted by Gasteiger charge is -2.21. The molecule has 1 aliphatic carbocycles. The first-order chi connectivity index (χ1) is 7.26. The second-order valence-electron chi connectivity index (χ2n) is 4.65. The van der Waals surface area contributed by atoms with Gasteiger partial charge in [0.1, 0.15) is 0 Å². The fourth-order valence-corrected chi connectivity index (χ4v) is 2.64. The molecule has 0 aromatic heterocycles. The largest absolute Gasteiger partial charge is 0.453 e. The predicted molar refractivity (Wildman–Crippen MR) is 55.4 cm³/mol. The Morgan fingerprint density at radius 2 is 2.20 bits per heavy atom. The molecule has 0 aromatic carbocycles. The minimum Gasteiger partial charge on any atom is -0.453 e. The third-order valence-corrected chi connectivity index (χ3v) is 3.70. The summed E-state index contributed by atoms with van der Waals surface area (Å²) in [6.07, 6.45) is 3.28. The van der Waals surface area contributed by atoms with Crippen LogP contribution in [0.15, 0.2) is 0 Å². The Morgan fingerprint density at radius 3 is 2.73 bits per heavy atom. The van der Waals surface area contributed by atoms with Crippen molar-refractivity contribution in [2.45, 2.75) is 19.3 Å². The van der Waals surface area contributed by atoms with E-state index in [0.717, 1.165) is 19.5 Å². The van der Waals surface area contributed by atoms with Gasteiger partial charge in [0.25, 0.3) is 0 Å². The maximum absolute atomic E-state index is 11.3. The summed E-state index contributed by atoms with van der Waals surface area (Å²) >= 11 is 0. The monoisotopic (exact) mass is 213 g/mol. The van der Waals surface area contributed by atoms with Gasteiger partial charge < -0.3 is 14.7 Å². The van der Waals surface area contributed by atoms with E-state index < -0.39 is 0 Å². The van der Waals surface area contributed by atoms with E-state index in [-0.39, 0.29) is 12.7 Å². The van der Waals surface area contributed by atoms with E-state index in [1.807, 2.05) is 0 Å². The lowest BCUT2D eigenvalue weighted by atomic mass is 9.88. The molecule has 4 nitrogen and oxygen atoms in total. The molecular weight excluding hydrogens is 194 g/mol. The van der Waals surface area contributed by atoms with Gasteiger partial charge in [-0.3, -0.25) is 0 Å². The molecule has 1 saturated heterocycles. The van der Waals surface area contributed by atoms with Gasteiger partial charge in [-0.15, -0.1) is 0 Å². The lowest BCUT2D eigenvalue weighted by Crippen LogP contribution is -2.30. The molecule has 2 aliphatic rings. The predicted octanol–water partition coefficient (Wildman–Crippen LogP) is 1.09. The van der Waals surface area contributed by atoms with Crippen LogP contribution in [0.5, 0.6) is 0 Å². The standard InChI is InChI=1S/C11H19NO3/c1-15-11(14)12-5-4-9(6-12)10(7-13)8-2-3-8/h8-10,13H,2-7H2,1H3. The van der Waals surface area contributed by atoms with Gasteiger partial charge in [0.2, 0.25) is 0 Å². The Balaban J connectivity index is 1.87. The first kappa shape index (κ1) is 10.7. The number of amides is 1. The van der Waals surface area contributed by atoms with Gasteiger partial charge in [0.15, 0.2) is 0 Å². The van der Waals surface area contributed by atoms with Crippen LogP contribution in [-0.2, 0) is 4.74 Å². The molecule has 1 amide bonds. The summed E-state index contributed by atoms with van der Waals surface area (Å²) in [7, 11) is 1.42. The number of carbonyl (C=O) groups excluding carboxylic acids is 1. The number of methoxy groups -OCH3 is 1. The number of rotatable bonds is 3. The van der Waals surface area contributed by atoms with Crippen LogP contribution in [0, 0.1) is 17.8 Å². The quantitative estimate of drug-likeness (QED) is 0.763. The number of aliphatic hydroxyl groups excluding tert-OH is 1. The molecule has 1 saturated carbocycles. The lowest BCUT2D eigenvalue weighted by molar-refractivity contribution is 0.123. The maximum atomic E-state index is 11.3. The molecule has 0 spiro atoms. The number of nitrogens with zero attached hydrogens (tertiary/aromatic N) is 1. The van der Waals surface area contributed by atoms with Gasteiger partial charge in [0, 0.05) is 19.7 Å². The van der Waals surface area contributed by atoms with Crippen molar-refractivity contribution >= 4 is 6.09 Å². The fraction of sp³-hybridized carbons (Fsp3) is 0.909. The third-order valence-electron chi connectivity index (χ3n) is 3.70. The molecule has 4 heteroatoms. The molecule has 2 rings (SSSR count). The highest BCUT2D eigenvalue weighted by Crippen LogP contribution is 2.42. The van der Waals surface area contributed by atoms with Crippen molar-refractivity contribution in [2.24, 2.45) is 17.8 Å². The minimum absolute atomic E-state index is 0.231. The van der Waals surface area contributed by atoms with Crippen LogP contribution in [0.1, 0.15) is 19.3 Å². The molecule has 86 valence electrons. The van der Waals surface area contributed by atoms with E-state index in [4.69, 9.17) is 4.74 Å². The first-order valence-corrected chi connectivity index (χ1v) is 5.70. The number of likely N-dealkylation sites (tertiary alicyclic amines) is 1. The summed E-state index contributed by atoms with van der Waals surface area (Å²) in [5, 5.41) is 9.34. The topological polar surface area (TPSA) is 49.8 Å². The molecule has 2 fully saturated rings. The normalized spacial score (nSPS) is 27.9. The van der Waals surface area contributed by atoms with Gasteiger partial charge in [-0.05, 0) is 37.0 Å². The smallest absolute Gasteiger partial charge is 0.409 e. The molecule has 1 heterocycles. The molecule has 1 aliphatic heterocycles. The van der Waals surface area contributed by atoms with Crippen molar-refractivity contribution in [3.8, 4) is 0 Å². The Morgan fingerprint density at radius 1 is 1.47 bits per heavy atom. The summed E-state index contributed by atoms with van der Waals surface area (Å²) in [6, 6.07) is 0. The van der Waals surface area contributed by atoms with E-state index in [0.29, 0.717) is 17.8 Å². The van der Waals surface area contributed by atoms with Gasteiger partial charge in [-0.25, -0.2) is 4.79 Å². The number of hydrogen-bond acceptors (Lipinski definition) is 3. The highest BCUT2D eigenvalue weighted by molar-refractivity contribution is 5.67. The Kier molecular flexibility index (Phi) is 3.14.